The fraction of sp³-hybridized carbons (Fsp3) is 0.400. The van der Waals surface area contributed by atoms with E-state index in [4.69, 9.17) is 4.74 Å². The van der Waals surface area contributed by atoms with Crippen LogP contribution in [0.3, 0.4) is 0 Å². The maximum Gasteiger partial charge on any atom is 0.307 e. The number of nitrogens with one attached hydrogen (secondary N) is 2. The van der Waals surface area contributed by atoms with E-state index in [-0.39, 0.29) is 5.97 Å². The number of aromatic amines is 1. The molecule has 0 aliphatic rings. The van der Waals surface area contributed by atoms with Crippen molar-refractivity contribution in [3.05, 3.63) is 12.7 Å². The molecule has 2 aromatic heterocycles. The number of nitrogens with zero attached hydrogens (tertiary/aromatic N) is 3. The maximum absolute atomic E-state index is 11.1. The Morgan fingerprint density at radius 2 is 2.35 bits per heavy atom. The third-order valence-corrected chi connectivity index (χ3v) is 2.15. The van der Waals surface area contributed by atoms with Gasteiger partial charge in [0, 0.05) is 6.54 Å². The van der Waals surface area contributed by atoms with Gasteiger partial charge in [-0.3, -0.25) is 4.79 Å². The first kappa shape index (κ1) is 11.3. The molecule has 2 aromatic rings. The molecule has 90 valence electrons. The summed E-state index contributed by atoms with van der Waals surface area (Å²) < 4.78 is 4.82. The topological polar surface area (TPSA) is 92.8 Å². The molecule has 0 amide bonds. The number of aromatic nitrogens is 4. The molecule has 0 aliphatic heterocycles. The molecule has 17 heavy (non-hydrogen) atoms. The van der Waals surface area contributed by atoms with Crippen molar-refractivity contribution in [1.29, 1.82) is 0 Å². The quantitative estimate of drug-likeness (QED) is 0.742. The van der Waals surface area contributed by atoms with Crippen molar-refractivity contribution in [3.63, 3.8) is 0 Å². The van der Waals surface area contributed by atoms with Gasteiger partial charge in [0.25, 0.3) is 0 Å². The highest BCUT2D eigenvalue weighted by Gasteiger charge is 2.06. The Balaban J connectivity index is 1.95. The number of imidazole rings is 1. The van der Waals surface area contributed by atoms with Crippen molar-refractivity contribution in [1.82, 2.24) is 19.9 Å². The Kier molecular flexibility index (Phi) is 3.49. The lowest BCUT2D eigenvalue weighted by molar-refractivity contribution is -0.142. The first-order valence-electron chi connectivity index (χ1n) is 5.35. The Labute approximate surface area is 97.6 Å². The lowest BCUT2D eigenvalue weighted by atomic mass is 10.4. The second kappa shape index (κ2) is 5.24. The van der Waals surface area contributed by atoms with Crippen LogP contribution in [0.5, 0.6) is 0 Å². The summed E-state index contributed by atoms with van der Waals surface area (Å²) in [7, 11) is 0. The van der Waals surface area contributed by atoms with E-state index in [0.717, 1.165) is 5.52 Å². The van der Waals surface area contributed by atoms with Crippen LogP contribution in [-0.2, 0) is 9.53 Å². The van der Waals surface area contributed by atoms with Gasteiger partial charge in [0.2, 0.25) is 0 Å². The molecule has 0 bridgehead atoms. The summed E-state index contributed by atoms with van der Waals surface area (Å²) >= 11 is 0. The Morgan fingerprint density at radius 1 is 1.47 bits per heavy atom. The lowest BCUT2D eigenvalue weighted by Crippen LogP contribution is -2.12. The number of hydrogen-bond donors (Lipinski definition) is 2. The number of rotatable bonds is 5. The smallest absolute Gasteiger partial charge is 0.307 e. The van der Waals surface area contributed by atoms with Gasteiger partial charge in [0.05, 0.1) is 19.4 Å². The minimum atomic E-state index is -0.227. The van der Waals surface area contributed by atoms with E-state index in [1.807, 2.05) is 0 Å². The van der Waals surface area contributed by atoms with Gasteiger partial charge in [-0.05, 0) is 6.92 Å². The number of esters is 1. The minimum absolute atomic E-state index is 0.227. The minimum Gasteiger partial charge on any atom is -0.466 e. The van der Waals surface area contributed by atoms with E-state index in [1.165, 1.54) is 6.33 Å². The summed E-state index contributed by atoms with van der Waals surface area (Å²) in [5, 5.41) is 3.04. The zero-order valence-corrected chi connectivity index (χ0v) is 9.43. The third kappa shape index (κ3) is 2.68. The number of anilines is 1. The number of hydrogen-bond acceptors (Lipinski definition) is 6. The third-order valence-electron chi connectivity index (χ3n) is 2.15. The molecule has 0 spiro atoms. The highest BCUT2D eigenvalue weighted by Crippen LogP contribution is 2.13. The van der Waals surface area contributed by atoms with E-state index in [1.54, 1.807) is 13.3 Å². The summed E-state index contributed by atoms with van der Waals surface area (Å²) in [4.78, 5) is 26.1. The molecule has 0 aromatic carbocycles. The molecular formula is C10H13N5O2. The van der Waals surface area contributed by atoms with Crippen LogP contribution >= 0.6 is 0 Å². The van der Waals surface area contributed by atoms with Crippen LogP contribution in [-0.4, -0.2) is 39.1 Å². The van der Waals surface area contributed by atoms with Gasteiger partial charge in [-0.15, -0.1) is 0 Å². The van der Waals surface area contributed by atoms with E-state index >= 15 is 0 Å². The van der Waals surface area contributed by atoms with Crippen LogP contribution in [0, 0.1) is 0 Å². The van der Waals surface area contributed by atoms with Gasteiger partial charge in [0.15, 0.2) is 11.5 Å². The molecule has 0 atom stereocenters. The first-order chi connectivity index (χ1) is 8.31. The van der Waals surface area contributed by atoms with Crippen LogP contribution in [0.25, 0.3) is 11.2 Å². The monoisotopic (exact) mass is 235 g/mol. The van der Waals surface area contributed by atoms with Crippen LogP contribution < -0.4 is 5.32 Å². The zero-order valence-electron chi connectivity index (χ0n) is 9.43. The molecule has 0 radical (unpaired) electrons. The van der Waals surface area contributed by atoms with Gasteiger partial charge >= 0.3 is 5.97 Å². The van der Waals surface area contributed by atoms with Crippen molar-refractivity contribution < 1.29 is 9.53 Å². The molecular weight excluding hydrogens is 222 g/mol. The number of ether oxygens (including phenoxy) is 1. The molecule has 0 fully saturated rings. The fourth-order valence-electron chi connectivity index (χ4n) is 1.42. The van der Waals surface area contributed by atoms with Gasteiger partial charge in [-0.1, -0.05) is 0 Å². The van der Waals surface area contributed by atoms with Crippen molar-refractivity contribution in [2.24, 2.45) is 0 Å². The van der Waals surface area contributed by atoms with Crippen molar-refractivity contribution in [2.75, 3.05) is 18.5 Å². The van der Waals surface area contributed by atoms with E-state index in [9.17, 15) is 4.79 Å². The van der Waals surface area contributed by atoms with E-state index < -0.39 is 0 Å². The average molecular weight is 235 g/mol. The predicted octanol–water partition coefficient (Wildman–Crippen LogP) is 0.718. The molecule has 0 unspecified atom stereocenters. The number of H-pyrrole nitrogens is 1. The predicted molar refractivity (Wildman–Crippen MR) is 61.4 cm³/mol. The van der Waals surface area contributed by atoms with Crippen LogP contribution in [0.1, 0.15) is 13.3 Å². The average Bonchev–Trinajstić information content (AvgIpc) is 2.78. The normalized spacial score (nSPS) is 10.4. The molecule has 7 heteroatoms. The number of fused-ring (bicyclic) bond motifs is 1. The Bertz CT molecular complexity index is 510. The van der Waals surface area contributed by atoms with Crippen LogP contribution in [0.15, 0.2) is 12.7 Å². The van der Waals surface area contributed by atoms with Crippen LogP contribution in [0.4, 0.5) is 5.82 Å². The Hall–Kier alpha value is -2.18. The molecule has 2 rings (SSSR count). The SMILES string of the molecule is CCOC(=O)CCNc1ncnc2nc[nH]c12. The second-order valence-electron chi connectivity index (χ2n) is 3.31. The molecule has 2 N–H and O–H groups in total. The Morgan fingerprint density at radius 3 is 3.18 bits per heavy atom. The van der Waals surface area contributed by atoms with Gasteiger partial charge in [-0.2, -0.15) is 0 Å². The standard InChI is InChI=1S/C10H13N5O2/c1-2-17-7(16)3-4-11-9-8-10(13-5-12-8)15-6-14-9/h5-6H,2-4H2,1H3,(H2,11,12,13,14,15). The number of carbonyl (C=O) groups is 1. The van der Waals surface area contributed by atoms with Crippen molar-refractivity contribution in [3.8, 4) is 0 Å². The molecule has 2 heterocycles. The summed E-state index contributed by atoms with van der Waals surface area (Å²) in [5.74, 6) is 0.409. The number of carbonyl (C=O) groups excluding carboxylic acids is 1. The van der Waals surface area contributed by atoms with Gasteiger partial charge in [-0.25, -0.2) is 15.0 Å². The van der Waals surface area contributed by atoms with Gasteiger partial charge < -0.3 is 15.0 Å². The first-order valence-corrected chi connectivity index (χ1v) is 5.35. The van der Waals surface area contributed by atoms with Crippen molar-refractivity contribution >= 4 is 23.0 Å². The second-order valence-corrected chi connectivity index (χ2v) is 3.31. The van der Waals surface area contributed by atoms with E-state index in [0.29, 0.717) is 31.0 Å². The summed E-state index contributed by atoms with van der Waals surface area (Å²) in [6.07, 6.45) is 3.28. The van der Waals surface area contributed by atoms with Gasteiger partial charge in [0.1, 0.15) is 11.8 Å². The highest BCUT2D eigenvalue weighted by molar-refractivity contribution is 5.82. The van der Waals surface area contributed by atoms with Crippen LogP contribution in [0.2, 0.25) is 0 Å². The fourth-order valence-corrected chi connectivity index (χ4v) is 1.42. The molecule has 7 nitrogen and oxygen atoms in total. The lowest BCUT2D eigenvalue weighted by Gasteiger charge is -2.05. The maximum atomic E-state index is 11.1. The summed E-state index contributed by atoms with van der Waals surface area (Å²) in [6, 6.07) is 0. The zero-order chi connectivity index (χ0) is 12.1. The van der Waals surface area contributed by atoms with Crippen molar-refractivity contribution in [2.45, 2.75) is 13.3 Å². The molecule has 0 saturated carbocycles. The highest BCUT2D eigenvalue weighted by atomic mass is 16.5. The molecule has 0 saturated heterocycles. The molecule has 0 aliphatic carbocycles. The largest absolute Gasteiger partial charge is 0.466 e. The summed E-state index contributed by atoms with van der Waals surface area (Å²) in [6.45, 7) is 2.64. The summed E-state index contributed by atoms with van der Waals surface area (Å²) in [5.41, 5.74) is 1.33. The van der Waals surface area contributed by atoms with E-state index in [2.05, 4.69) is 25.3 Å².